The molecule has 120 valence electrons. The summed E-state index contributed by atoms with van der Waals surface area (Å²) in [7, 11) is 1.76. The third kappa shape index (κ3) is 5.14. The maximum atomic E-state index is 12.3. The van der Waals surface area contributed by atoms with E-state index in [2.05, 4.69) is 27.8 Å². The molecule has 0 unspecified atom stereocenters. The van der Waals surface area contributed by atoms with Crippen molar-refractivity contribution in [3.05, 3.63) is 71.2 Å². The molecule has 0 heterocycles. The molecule has 2 aromatic carbocycles. The normalized spacial score (nSPS) is 10.0. The van der Waals surface area contributed by atoms with Crippen molar-refractivity contribution in [2.24, 2.45) is 0 Å². The molecule has 0 atom stereocenters. The zero-order valence-corrected chi connectivity index (χ0v) is 14.5. The Labute approximate surface area is 144 Å². The van der Waals surface area contributed by atoms with Gasteiger partial charge in [-0.2, -0.15) is 0 Å². The van der Waals surface area contributed by atoms with Crippen LogP contribution in [-0.2, 0) is 6.54 Å². The number of amides is 2. The Morgan fingerprint density at radius 3 is 2.83 bits per heavy atom. The lowest BCUT2D eigenvalue weighted by Gasteiger charge is -2.19. The van der Waals surface area contributed by atoms with Crippen LogP contribution in [0.5, 0.6) is 5.75 Å². The van der Waals surface area contributed by atoms with Gasteiger partial charge in [0.2, 0.25) is 0 Å². The van der Waals surface area contributed by atoms with E-state index in [4.69, 9.17) is 4.74 Å². The van der Waals surface area contributed by atoms with Crippen molar-refractivity contribution in [3.8, 4) is 5.75 Å². The summed E-state index contributed by atoms with van der Waals surface area (Å²) in [6.45, 7) is 4.56. The van der Waals surface area contributed by atoms with E-state index in [0.717, 1.165) is 10.0 Å². The highest BCUT2D eigenvalue weighted by molar-refractivity contribution is 9.10. The number of benzene rings is 2. The van der Waals surface area contributed by atoms with Crippen molar-refractivity contribution in [3.63, 3.8) is 0 Å². The number of hydrogen-bond donors (Lipinski definition) is 1. The molecular formula is C18H19BrN2O2. The van der Waals surface area contributed by atoms with Gasteiger partial charge in [0.1, 0.15) is 12.4 Å². The summed E-state index contributed by atoms with van der Waals surface area (Å²) in [6, 6.07) is 14.9. The van der Waals surface area contributed by atoms with Crippen LogP contribution in [0.15, 0.2) is 65.7 Å². The predicted octanol–water partition coefficient (Wildman–Crippen LogP) is 4.68. The molecular weight excluding hydrogens is 356 g/mol. The average molecular weight is 375 g/mol. The summed E-state index contributed by atoms with van der Waals surface area (Å²) in [5.74, 6) is 0.691. The fourth-order valence-electron chi connectivity index (χ4n) is 1.99. The fourth-order valence-corrected chi connectivity index (χ4v) is 2.40. The third-order valence-corrected chi connectivity index (χ3v) is 3.94. The van der Waals surface area contributed by atoms with Crippen LogP contribution in [0.3, 0.4) is 0 Å². The number of anilines is 1. The summed E-state index contributed by atoms with van der Waals surface area (Å²) in [5.41, 5.74) is 1.74. The van der Waals surface area contributed by atoms with E-state index in [1.54, 1.807) is 24.1 Å². The lowest BCUT2D eigenvalue weighted by atomic mass is 10.2. The topological polar surface area (TPSA) is 41.6 Å². The quantitative estimate of drug-likeness (QED) is 0.745. The number of carbonyl (C=O) groups is 1. The molecule has 0 aliphatic rings. The van der Waals surface area contributed by atoms with Crippen molar-refractivity contribution < 1.29 is 9.53 Å². The first kappa shape index (κ1) is 17.1. The molecule has 0 aromatic heterocycles. The predicted molar refractivity (Wildman–Crippen MR) is 96.8 cm³/mol. The zero-order valence-electron chi connectivity index (χ0n) is 13.0. The van der Waals surface area contributed by atoms with Crippen LogP contribution < -0.4 is 10.1 Å². The highest BCUT2D eigenvalue weighted by atomic mass is 79.9. The number of nitrogens with one attached hydrogen (secondary N) is 1. The average Bonchev–Trinajstić information content (AvgIpc) is 2.55. The number of carbonyl (C=O) groups excluding carboxylic acids is 1. The second-order valence-electron chi connectivity index (χ2n) is 5.01. The largest absolute Gasteiger partial charge is 0.489 e. The Bertz CT molecular complexity index is 688. The molecule has 4 nitrogen and oxygen atoms in total. The molecule has 23 heavy (non-hydrogen) atoms. The maximum absolute atomic E-state index is 12.3. The molecule has 2 rings (SSSR count). The Morgan fingerprint density at radius 2 is 2.09 bits per heavy atom. The number of nitrogens with zero attached hydrogens (tertiary/aromatic N) is 1. The molecule has 0 saturated carbocycles. The lowest BCUT2D eigenvalue weighted by Crippen LogP contribution is -2.30. The third-order valence-electron chi connectivity index (χ3n) is 3.17. The first-order valence-corrected chi connectivity index (χ1v) is 7.98. The summed E-state index contributed by atoms with van der Waals surface area (Å²) in [5, 5.41) is 2.86. The molecule has 5 heteroatoms. The molecule has 0 radical (unpaired) electrons. The van der Waals surface area contributed by atoms with Crippen molar-refractivity contribution in [1.29, 1.82) is 0 Å². The van der Waals surface area contributed by atoms with Crippen LogP contribution >= 0.6 is 15.9 Å². The van der Waals surface area contributed by atoms with Crippen molar-refractivity contribution in [2.45, 2.75) is 6.54 Å². The highest BCUT2D eigenvalue weighted by Gasteiger charge is 2.11. The molecule has 0 aliphatic carbocycles. The van der Waals surface area contributed by atoms with Crippen LogP contribution in [0, 0.1) is 0 Å². The summed E-state index contributed by atoms with van der Waals surface area (Å²) in [6.07, 6.45) is 1.68. The van der Waals surface area contributed by atoms with E-state index in [-0.39, 0.29) is 6.03 Å². The lowest BCUT2D eigenvalue weighted by molar-refractivity contribution is 0.220. The van der Waals surface area contributed by atoms with E-state index < -0.39 is 0 Å². The standard InChI is InChI=1S/C18H19BrN2O2/c1-3-11-23-16-9-6-8-15(12-16)20-18(22)21(2)13-14-7-4-5-10-17(14)19/h3-10,12H,1,11,13H2,2H3,(H,20,22). The first-order chi connectivity index (χ1) is 11.1. The van der Waals surface area contributed by atoms with Gasteiger partial charge in [-0.25, -0.2) is 4.79 Å². The minimum Gasteiger partial charge on any atom is -0.489 e. The fraction of sp³-hybridized carbons (Fsp3) is 0.167. The summed E-state index contributed by atoms with van der Waals surface area (Å²) < 4.78 is 6.45. The van der Waals surface area contributed by atoms with E-state index in [1.165, 1.54) is 0 Å². The maximum Gasteiger partial charge on any atom is 0.321 e. The van der Waals surface area contributed by atoms with E-state index >= 15 is 0 Å². The van der Waals surface area contributed by atoms with Crippen LogP contribution in [-0.4, -0.2) is 24.6 Å². The number of rotatable bonds is 6. The van der Waals surface area contributed by atoms with Crippen LogP contribution in [0.2, 0.25) is 0 Å². The van der Waals surface area contributed by atoms with E-state index in [1.807, 2.05) is 42.5 Å². The molecule has 0 saturated heterocycles. The Hall–Kier alpha value is -2.27. The summed E-state index contributed by atoms with van der Waals surface area (Å²) in [4.78, 5) is 13.9. The van der Waals surface area contributed by atoms with Gasteiger partial charge < -0.3 is 15.0 Å². The smallest absolute Gasteiger partial charge is 0.321 e. The monoisotopic (exact) mass is 374 g/mol. The molecule has 0 spiro atoms. The highest BCUT2D eigenvalue weighted by Crippen LogP contribution is 2.19. The SMILES string of the molecule is C=CCOc1cccc(NC(=O)N(C)Cc2ccccc2Br)c1. The van der Waals surface area contributed by atoms with Crippen LogP contribution in [0.4, 0.5) is 10.5 Å². The van der Waals surface area contributed by atoms with Crippen molar-refractivity contribution in [1.82, 2.24) is 4.90 Å². The number of ether oxygens (including phenoxy) is 1. The van der Waals surface area contributed by atoms with Gasteiger partial charge in [-0.1, -0.05) is 52.9 Å². The molecule has 1 N–H and O–H groups in total. The number of hydrogen-bond acceptors (Lipinski definition) is 2. The van der Waals surface area contributed by atoms with Gasteiger partial charge in [0.15, 0.2) is 0 Å². The van der Waals surface area contributed by atoms with Gasteiger partial charge in [-0.3, -0.25) is 0 Å². The van der Waals surface area contributed by atoms with E-state index in [9.17, 15) is 4.79 Å². The Balaban J connectivity index is 1.98. The van der Waals surface area contributed by atoms with Gasteiger partial charge in [0.05, 0.1) is 0 Å². The minimum absolute atomic E-state index is 0.179. The minimum atomic E-state index is -0.179. The summed E-state index contributed by atoms with van der Waals surface area (Å²) >= 11 is 3.49. The van der Waals surface area contributed by atoms with Crippen LogP contribution in [0.1, 0.15) is 5.56 Å². The molecule has 0 aliphatic heterocycles. The van der Waals surface area contributed by atoms with Gasteiger partial charge in [0, 0.05) is 29.8 Å². The second-order valence-corrected chi connectivity index (χ2v) is 5.86. The number of urea groups is 1. The second kappa shape index (κ2) is 8.39. The molecule has 2 amide bonds. The van der Waals surface area contributed by atoms with Gasteiger partial charge in [-0.15, -0.1) is 0 Å². The molecule has 2 aromatic rings. The number of halogens is 1. The first-order valence-electron chi connectivity index (χ1n) is 7.19. The zero-order chi connectivity index (χ0) is 16.7. The van der Waals surface area contributed by atoms with Gasteiger partial charge >= 0.3 is 6.03 Å². The Kier molecular flexibility index (Phi) is 6.23. The molecule has 0 bridgehead atoms. The van der Waals surface area contributed by atoms with Crippen molar-refractivity contribution in [2.75, 3.05) is 19.0 Å². The Morgan fingerprint density at radius 1 is 1.30 bits per heavy atom. The van der Waals surface area contributed by atoms with Gasteiger partial charge in [-0.05, 0) is 23.8 Å². The molecule has 0 fully saturated rings. The van der Waals surface area contributed by atoms with Crippen molar-refractivity contribution >= 4 is 27.6 Å². The van der Waals surface area contributed by atoms with Crippen LogP contribution in [0.25, 0.3) is 0 Å². The van der Waals surface area contributed by atoms with E-state index in [0.29, 0.717) is 24.6 Å². The van der Waals surface area contributed by atoms with Gasteiger partial charge in [0.25, 0.3) is 0 Å².